The molecule has 0 N–H and O–H groups in total. The van der Waals surface area contributed by atoms with Crippen LogP contribution >= 0.6 is 22.9 Å². The van der Waals surface area contributed by atoms with Crippen molar-refractivity contribution in [2.75, 3.05) is 14.2 Å². The number of carbonyl (C=O) groups is 1. The molecule has 3 aromatic rings. The van der Waals surface area contributed by atoms with Crippen LogP contribution in [0.3, 0.4) is 0 Å². The van der Waals surface area contributed by atoms with E-state index in [1.807, 2.05) is 42.5 Å². The molecule has 1 aromatic heterocycles. The first-order valence-electron chi connectivity index (χ1n) is 7.15. The number of hydrogen-bond acceptors (Lipinski definition) is 3. The maximum absolute atomic E-state index is 12.7. The lowest BCUT2D eigenvalue weighted by Gasteiger charge is -2.18. The minimum atomic E-state index is -0.00627. The molecular formula is C18H16ClNO2S. The zero-order valence-corrected chi connectivity index (χ0v) is 14.4. The maximum atomic E-state index is 12.7. The molecule has 118 valence electrons. The Bertz CT molecular complexity index is 826. The average Bonchev–Trinajstić information content (AvgIpc) is 2.98. The van der Waals surface area contributed by atoms with Gasteiger partial charge in [0.1, 0.15) is 5.75 Å². The lowest BCUT2D eigenvalue weighted by atomic mass is 10.2. The predicted molar refractivity (Wildman–Crippen MR) is 95.6 cm³/mol. The average molecular weight is 346 g/mol. The van der Waals surface area contributed by atoms with Crippen LogP contribution in [0.4, 0.5) is 0 Å². The number of benzene rings is 2. The van der Waals surface area contributed by atoms with Crippen molar-refractivity contribution in [3.8, 4) is 5.75 Å². The first kappa shape index (κ1) is 15.8. The summed E-state index contributed by atoms with van der Waals surface area (Å²) in [6.45, 7) is 0.441. The molecule has 0 unspecified atom stereocenters. The summed E-state index contributed by atoms with van der Waals surface area (Å²) >= 11 is 7.56. The fraction of sp³-hybridized carbons (Fsp3) is 0.167. The Morgan fingerprint density at radius 2 is 2.00 bits per heavy atom. The molecule has 3 nitrogen and oxygen atoms in total. The van der Waals surface area contributed by atoms with Gasteiger partial charge < -0.3 is 9.64 Å². The summed E-state index contributed by atoms with van der Waals surface area (Å²) in [6.07, 6.45) is 0. The van der Waals surface area contributed by atoms with Crippen molar-refractivity contribution in [1.82, 2.24) is 4.90 Å². The number of thiophene rings is 1. The van der Waals surface area contributed by atoms with Crippen LogP contribution in [0.5, 0.6) is 5.75 Å². The smallest absolute Gasteiger partial charge is 0.264 e. The van der Waals surface area contributed by atoms with Gasteiger partial charge in [0.15, 0.2) is 0 Å². The highest BCUT2D eigenvalue weighted by molar-refractivity contribution is 7.20. The molecular weight excluding hydrogens is 330 g/mol. The van der Waals surface area contributed by atoms with Gasteiger partial charge in [-0.05, 0) is 35.7 Å². The van der Waals surface area contributed by atoms with Gasteiger partial charge in [0.05, 0.1) is 12.0 Å². The van der Waals surface area contributed by atoms with Crippen LogP contribution < -0.4 is 4.74 Å². The summed E-state index contributed by atoms with van der Waals surface area (Å²) in [6, 6.07) is 15.4. The van der Waals surface area contributed by atoms with Crippen molar-refractivity contribution in [2.24, 2.45) is 0 Å². The third kappa shape index (κ3) is 3.33. The van der Waals surface area contributed by atoms with Crippen LogP contribution in [-0.4, -0.2) is 25.0 Å². The van der Waals surface area contributed by atoms with Gasteiger partial charge in [-0.3, -0.25) is 4.79 Å². The summed E-state index contributed by atoms with van der Waals surface area (Å²) in [5.41, 5.74) is 0.886. The Kier molecular flexibility index (Phi) is 4.55. The number of rotatable bonds is 4. The van der Waals surface area contributed by atoms with E-state index in [1.54, 1.807) is 25.1 Å². The summed E-state index contributed by atoms with van der Waals surface area (Å²) in [7, 11) is 3.40. The highest BCUT2D eigenvalue weighted by Crippen LogP contribution is 2.28. The van der Waals surface area contributed by atoms with Gasteiger partial charge >= 0.3 is 0 Å². The molecule has 0 saturated carbocycles. The molecule has 1 heterocycles. The van der Waals surface area contributed by atoms with Crippen molar-refractivity contribution < 1.29 is 9.53 Å². The fourth-order valence-corrected chi connectivity index (χ4v) is 3.73. The number of hydrogen-bond donors (Lipinski definition) is 0. The zero-order valence-electron chi connectivity index (χ0n) is 12.9. The highest BCUT2D eigenvalue weighted by Gasteiger charge is 2.16. The summed E-state index contributed by atoms with van der Waals surface area (Å²) in [5, 5.41) is 1.72. The number of fused-ring (bicyclic) bond motifs is 1. The van der Waals surface area contributed by atoms with Crippen molar-refractivity contribution in [3.05, 3.63) is 64.0 Å². The van der Waals surface area contributed by atoms with Crippen LogP contribution in [0, 0.1) is 0 Å². The largest absolute Gasteiger partial charge is 0.496 e. The van der Waals surface area contributed by atoms with E-state index >= 15 is 0 Å². The molecule has 0 aliphatic heterocycles. The Morgan fingerprint density at radius 1 is 1.22 bits per heavy atom. The zero-order chi connectivity index (χ0) is 16.4. The van der Waals surface area contributed by atoms with Crippen molar-refractivity contribution >= 4 is 38.9 Å². The standard InChI is InChI=1S/C18H16ClNO2S/c1-20(11-13-9-14(19)7-8-15(13)22-2)18(21)17-10-12-5-3-4-6-16(12)23-17/h3-10H,11H2,1-2H3. The second-order valence-electron chi connectivity index (χ2n) is 5.27. The first-order chi connectivity index (χ1) is 11.1. The molecule has 0 radical (unpaired) electrons. The molecule has 0 aliphatic rings. The summed E-state index contributed by atoms with van der Waals surface area (Å²) < 4.78 is 6.46. The second-order valence-corrected chi connectivity index (χ2v) is 6.79. The number of carbonyl (C=O) groups excluding carboxylic acids is 1. The van der Waals surface area contributed by atoms with Crippen LogP contribution in [0.25, 0.3) is 10.1 Å². The molecule has 23 heavy (non-hydrogen) atoms. The van der Waals surface area contributed by atoms with E-state index in [4.69, 9.17) is 16.3 Å². The van der Waals surface area contributed by atoms with Crippen LogP contribution in [0.15, 0.2) is 48.5 Å². The molecule has 0 saturated heterocycles. The van der Waals surface area contributed by atoms with Gasteiger partial charge in [-0.2, -0.15) is 0 Å². The Labute approximate surface area is 144 Å². The number of ether oxygens (including phenoxy) is 1. The molecule has 2 aromatic carbocycles. The SMILES string of the molecule is COc1ccc(Cl)cc1CN(C)C(=O)c1cc2ccccc2s1. The molecule has 1 amide bonds. The van der Waals surface area contributed by atoms with Crippen LogP contribution in [0.2, 0.25) is 5.02 Å². The summed E-state index contributed by atoms with van der Waals surface area (Å²) in [4.78, 5) is 15.1. The molecule has 0 bridgehead atoms. The maximum Gasteiger partial charge on any atom is 0.264 e. The van der Waals surface area contributed by atoms with Crippen molar-refractivity contribution in [3.63, 3.8) is 0 Å². The predicted octanol–water partition coefficient (Wildman–Crippen LogP) is 4.84. The topological polar surface area (TPSA) is 29.5 Å². The fourth-order valence-electron chi connectivity index (χ4n) is 2.47. The van der Waals surface area contributed by atoms with Gasteiger partial charge in [0.25, 0.3) is 5.91 Å². The van der Waals surface area contributed by atoms with Gasteiger partial charge in [-0.15, -0.1) is 11.3 Å². The Balaban J connectivity index is 1.84. The molecule has 0 atom stereocenters. The van der Waals surface area contributed by atoms with Crippen molar-refractivity contribution in [1.29, 1.82) is 0 Å². The van der Waals surface area contributed by atoms with Gasteiger partial charge in [-0.25, -0.2) is 0 Å². The Hall–Kier alpha value is -2.04. The number of amides is 1. The molecule has 0 aliphatic carbocycles. The number of methoxy groups -OCH3 is 1. The molecule has 5 heteroatoms. The quantitative estimate of drug-likeness (QED) is 0.677. The Morgan fingerprint density at radius 3 is 2.74 bits per heavy atom. The van der Waals surface area contributed by atoms with Crippen LogP contribution in [0.1, 0.15) is 15.2 Å². The molecule has 3 rings (SSSR count). The minimum absolute atomic E-state index is 0.00627. The van der Waals surface area contributed by atoms with E-state index in [1.165, 1.54) is 11.3 Å². The van der Waals surface area contributed by atoms with E-state index in [2.05, 4.69) is 0 Å². The highest BCUT2D eigenvalue weighted by atomic mass is 35.5. The normalized spacial score (nSPS) is 10.7. The molecule has 0 fully saturated rings. The third-order valence-corrected chi connectivity index (χ3v) is 4.97. The van der Waals surface area contributed by atoms with E-state index in [9.17, 15) is 4.79 Å². The van der Waals surface area contributed by atoms with Gasteiger partial charge in [0, 0.05) is 28.9 Å². The molecule has 0 spiro atoms. The third-order valence-electron chi connectivity index (χ3n) is 3.63. The summed E-state index contributed by atoms with van der Waals surface area (Å²) in [5.74, 6) is 0.721. The number of nitrogens with zero attached hydrogens (tertiary/aromatic N) is 1. The van der Waals surface area contributed by atoms with Crippen molar-refractivity contribution in [2.45, 2.75) is 6.54 Å². The van der Waals surface area contributed by atoms with Gasteiger partial charge in [0.2, 0.25) is 0 Å². The minimum Gasteiger partial charge on any atom is -0.496 e. The van der Waals surface area contributed by atoms with E-state index in [0.29, 0.717) is 11.6 Å². The lowest BCUT2D eigenvalue weighted by molar-refractivity contribution is 0.0789. The van der Waals surface area contributed by atoms with Gasteiger partial charge in [-0.1, -0.05) is 29.8 Å². The lowest BCUT2D eigenvalue weighted by Crippen LogP contribution is -2.25. The second kappa shape index (κ2) is 6.60. The van der Waals surface area contributed by atoms with E-state index < -0.39 is 0 Å². The monoisotopic (exact) mass is 345 g/mol. The van der Waals surface area contributed by atoms with E-state index in [0.717, 1.165) is 26.3 Å². The van der Waals surface area contributed by atoms with E-state index in [-0.39, 0.29) is 5.91 Å². The number of halogens is 1. The van der Waals surface area contributed by atoms with Crippen LogP contribution in [-0.2, 0) is 6.54 Å². The first-order valence-corrected chi connectivity index (χ1v) is 8.34.